The van der Waals surface area contributed by atoms with Gasteiger partial charge in [-0.05, 0) is 36.9 Å². The van der Waals surface area contributed by atoms with Crippen molar-refractivity contribution >= 4 is 35.0 Å². The van der Waals surface area contributed by atoms with Crippen molar-refractivity contribution in [2.75, 3.05) is 24.7 Å². The third-order valence-electron chi connectivity index (χ3n) is 3.27. The normalized spacial score (nSPS) is 10.6. The average Bonchev–Trinajstić information content (AvgIpc) is 2.53. The van der Waals surface area contributed by atoms with E-state index < -0.39 is 0 Å². The molecule has 2 rings (SSSR count). The molecule has 0 aliphatic rings. The molecule has 0 fully saturated rings. The monoisotopic (exact) mass is 360 g/mol. The Morgan fingerprint density at radius 1 is 1.29 bits per heavy atom. The van der Waals surface area contributed by atoms with Gasteiger partial charge >= 0.3 is 0 Å². The number of likely N-dealkylation sites (N-methyl/N-ethyl adjacent to an activating group) is 1. The van der Waals surface area contributed by atoms with E-state index in [1.807, 2.05) is 66.6 Å². The molecule has 0 unspecified atom stereocenters. The van der Waals surface area contributed by atoms with Crippen molar-refractivity contribution in [2.45, 2.75) is 11.4 Å². The number of para-hydroxylation sites is 1. The lowest BCUT2D eigenvalue weighted by Gasteiger charge is -2.17. The van der Waals surface area contributed by atoms with Gasteiger partial charge in [-0.15, -0.1) is 18.3 Å². The lowest BCUT2D eigenvalue weighted by Crippen LogP contribution is -2.30. The zero-order chi connectivity index (χ0) is 17.4. The highest BCUT2D eigenvalue weighted by Gasteiger charge is 2.10. The molecular weight excluding hydrogens is 340 g/mol. The second-order valence-electron chi connectivity index (χ2n) is 5.45. The minimum absolute atomic E-state index is 0.0359. The first-order valence-corrected chi connectivity index (χ1v) is 9.00. The van der Waals surface area contributed by atoms with E-state index >= 15 is 0 Å². The lowest BCUT2D eigenvalue weighted by molar-refractivity contribution is -0.117. The number of thioether (sulfide) groups is 1. The SMILES string of the molecule is C=CCSc1ccccc1NC(=O)CN(C)Cc1cccc(Cl)c1. The molecule has 0 heterocycles. The van der Waals surface area contributed by atoms with Crippen LogP contribution in [0.3, 0.4) is 0 Å². The fourth-order valence-corrected chi connectivity index (χ4v) is 3.24. The predicted octanol–water partition coefficient (Wildman–Crippen LogP) is 4.69. The maximum atomic E-state index is 12.3. The van der Waals surface area contributed by atoms with Crippen LogP contribution in [0.1, 0.15) is 5.56 Å². The third kappa shape index (κ3) is 6.04. The van der Waals surface area contributed by atoms with Crippen LogP contribution in [-0.4, -0.2) is 30.2 Å². The molecule has 0 saturated heterocycles. The summed E-state index contributed by atoms with van der Waals surface area (Å²) in [5.41, 5.74) is 1.92. The number of rotatable bonds is 8. The Hall–Kier alpha value is -1.75. The van der Waals surface area contributed by atoms with Gasteiger partial charge in [-0.25, -0.2) is 0 Å². The van der Waals surface area contributed by atoms with Crippen LogP contribution < -0.4 is 5.32 Å². The largest absolute Gasteiger partial charge is 0.324 e. The number of anilines is 1. The lowest BCUT2D eigenvalue weighted by atomic mass is 10.2. The molecule has 5 heteroatoms. The number of carbonyl (C=O) groups excluding carboxylic acids is 1. The van der Waals surface area contributed by atoms with Crippen molar-refractivity contribution in [3.05, 3.63) is 71.8 Å². The Kier molecular flexibility index (Phi) is 7.37. The van der Waals surface area contributed by atoms with Crippen molar-refractivity contribution in [2.24, 2.45) is 0 Å². The summed E-state index contributed by atoms with van der Waals surface area (Å²) in [5.74, 6) is 0.771. The van der Waals surface area contributed by atoms with E-state index in [0.717, 1.165) is 21.9 Å². The van der Waals surface area contributed by atoms with Gasteiger partial charge in [-0.2, -0.15) is 0 Å². The molecule has 1 amide bonds. The summed E-state index contributed by atoms with van der Waals surface area (Å²) in [6, 6.07) is 15.5. The van der Waals surface area contributed by atoms with Crippen LogP contribution >= 0.6 is 23.4 Å². The molecule has 3 nitrogen and oxygen atoms in total. The number of carbonyl (C=O) groups is 1. The first-order chi connectivity index (χ1) is 11.6. The smallest absolute Gasteiger partial charge is 0.238 e. The molecule has 0 aliphatic heterocycles. The van der Waals surface area contributed by atoms with Crippen LogP contribution in [0.25, 0.3) is 0 Å². The van der Waals surface area contributed by atoms with Gasteiger partial charge in [0.25, 0.3) is 0 Å². The van der Waals surface area contributed by atoms with Gasteiger partial charge in [0, 0.05) is 22.2 Å². The Bertz CT molecular complexity index is 705. The number of nitrogens with zero attached hydrogens (tertiary/aromatic N) is 1. The molecule has 0 bridgehead atoms. The highest BCUT2D eigenvalue weighted by Crippen LogP contribution is 2.26. The maximum absolute atomic E-state index is 12.3. The van der Waals surface area contributed by atoms with Gasteiger partial charge < -0.3 is 5.32 Å². The van der Waals surface area contributed by atoms with Gasteiger partial charge in [0.2, 0.25) is 5.91 Å². The van der Waals surface area contributed by atoms with Crippen LogP contribution in [0.4, 0.5) is 5.69 Å². The zero-order valence-electron chi connectivity index (χ0n) is 13.7. The maximum Gasteiger partial charge on any atom is 0.238 e. The van der Waals surface area contributed by atoms with Crippen LogP contribution in [0.2, 0.25) is 5.02 Å². The molecule has 0 spiro atoms. The molecule has 2 aromatic rings. The second kappa shape index (κ2) is 9.52. The number of nitrogens with one attached hydrogen (secondary N) is 1. The van der Waals surface area contributed by atoms with Gasteiger partial charge in [0.15, 0.2) is 0 Å². The molecule has 0 aromatic heterocycles. The highest BCUT2D eigenvalue weighted by atomic mass is 35.5. The summed E-state index contributed by atoms with van der Waals surface area (Å²) in [6.07, 6.45) is 1.85. The fraction of sp³-hybridized carbons (Fsp3) is 0.211. The molecule has 0 atom stereocenters. The number of hydrogen-bond donors (Lipinski definition) is 1. The first kappa shape index (κ1) is 18.6. The minimum atomic E-state index is -0.0359. The summed E-state index contributed by atoms with van der Waals surface area (Å²) in [5, 5.41) is 3.69. The topological polar surface area (TPSA) is 32.3 Å². The molecule has 0 radical (unpaired) electrons. The van der Waals surface area contributed by atoms with E-state index in [9.17, 15) is 4.79 Å². The Labute approximate surface area is 152 Å². The molecule has 24 heavy (non-hydrogen) atoms. The number of hydrogen-bond acceptors (Lipinski definition) is 3. The molecular formula is C19H21ClN2OS. The van der Waals surface area contributed by atoms with Crippen LogP contribution in [0, 0.1) is 0 Å². The van der Waals surface area contributed by atoms with E-state index in [1.54, 1.807) is 11.8 Å². The predicted molar refractivity (Wildman–Crippen MR) is 104 cm³/mol. The molecule has 0 saturated carbocycles. The Balaban J connectivity index is 1.92. The minimum Gasteiger partial charge on any atom is -0.324 e. The van der Waals surface area contributed by atoms with E-state index in [4.69, 9.17) is 11.6 Å². The van der Waals surface area contributed by atoms with Gasteiger partial charge in [0.05, 0.1) is 12.2 Å². The summed E-state index contributed by atoms with van der Waals surface area (Å²) in [7, 11) is 1.92. The second-order valence-corrected chi connectivity index (χ2v) is 6.94. The number of halogens is 1. The summed E-state index contributed by atoms with van der Waals surface area (Å²) < 4.78 is 0. The van der Waals surface area contributed by atoms with Crippen LogP contribution in [0.15, 0.2) is 66.1 Å². The summed E-state index contributed by atoms with van der Waals surface area (Å²) in [4.78, 5) is 15.3. The first-order valence-electron chi connectivity index (χ1n) is 7.64. The number of benzene rings is 2. The third-order valence-corrected chi connectivity index (χ3v) is 4.58. The van der Waals surface area contributed by atoms with Crippen LogP contribution in [0.5, 0.6) is 0 Å². The van der Waals surface area contributed by atoms with Crippen molar-refractivity contribution < 1.29 is 4.79 Å². The van der Waals surface area contributed by atoms with Crippen LogP contribution in [-0.2, 0) is 11.3 Å². The summed E-state index contributed by atoms with van der Waals surface area (Å²) in [6.45, 7) is 4.71. The molecule has 0 aliphatic carbocycles. The van der Waals surface area contributed by atoms with Crippen molar-refractivity contribution in [3.8, 4) is 0 Å². The Morgan fingerprint density at radius 2 is 2.08 bits per heavy atom. The average molecular weight is 361 g/mol. The quantitative estimate of drug-likeness (QED) is 0.547. The fourth-order valence-electron chi connectivity index (χ4n) is 2.28. The highest BCUT2D eigenvalue weighted by molar-refractivity contribution is 7.99. The molecule has 1 N–H and O–H groups in total. The molecule has 2 aromatic carbocycles. The van der Waals surface area contributed by atoms with Crippen molar-refractivity contribution in [1.29, 1.82) is 0 Å². The zero-order valence-corrected chi connectivity index (χ0v) is 15.2. The van der Waals surface area contributed by atoms with Gasteiger partial charge in [0.1, 0.15) is 0 Å². The van der Waals surface area contributed by atoms with E-state index in [1.165, 1.54) is 0 Å². The van der Waals surface area contributed by atoms with Crippen molar-refractivity contribution in [1.82, 2.24) is 4.90 Å². The van der Waals surface area contributed by atoms with Crippen molar-refractivity contribution in [3.63, 3.8) is 0 Å². The van der Waals surface area contributed by atoms with Gasteiger partial charge in [-0.3, -0.25) is 9.69 Å². The summed E-state index contributed by atoms with van der Waals surface area (Å²) >= 11 is 7.64. The number of amides is 1. The molecule has 126 valence electrons. The Morgan fingerprint density at radius 3 is 2.83 bits per heavy atom. The van der Waals surface area contributed by atoms with Gasteiger partial charge in [-0.1, -0.05) is 41.9 Å². The van der Waals surface area contributed by atoms with E-state index in [2.05, 4.69) is 11.9 Å². The standard InChI is InChI=1S/C19H21ClN2OS/c1-3-11-24-18-10-5-4-9-17(18)21-19(23)14-22(2)13-15-7-6-8-16(20)12-15/h3-10,12H,1,11,13-14H2,2H3,(H,21,23). The van der Waals surface area contributed by atoms with E-state index in [-0.39, 0.29) is 5.91 Å². The van der Waals surface area contributed by atoms with E-state index in [0.29, 0.717) is 18.1 Å².